The molecule has 0 radical (unpaired) electrons. The second kappa shape index (κ2) is 8.73. The van der Waals surface area contributed by atoms with Crippen molar-refractivity contribution in [1.29, 1.82) is 0 Å². The number of amides is 1. The number of nitrogens with zero attached hydrogens (tertiary/aromatic N) is 3. The highest BCUT2D eigenvalue weighted by Gasteiger charge is 2.16. The van der Waals surface area contributed by atoms with Crippen molar-refractivity contribution in [2.45, 2.75) is 32.5 Å². The van der Waals surface area contributed by atoms with Crippen LogP contribution in [0.15, 0.2) is 40.3 Å². The average Bonchev–Trinajstić information content (AvgIpc) is 3.03. The maximum absolute atomic E-state index is 12.9. The summed E-state index contributed by atoms with van der Waals surface area (Å²) in [6.45, 7) is 6.55. The van der Waals surface area contributed by atoms with Crippen LogP contribution in [0.3, 0.4) is 0 Å². The van der Waals surface area contributed by atoms with Crippen LogP contribution in [0, 0.1) is 12.8 Å². The molecule has 0 spiro atoms. The minimum atomic E-state index is -0.136. The van der Waals surface area contributed by atoms with Crippen molar-refractivity contribution in [2.75, 3.05) is 30.1 Å². The first-order chi connectivity index (χ1) is 13.7. The lowest BCUT2D eigenvalue weighted by Gasteiger charge is -2.14. The minimum absolute atomic E-state index is 0.0982. The molecule has 0 aliphatic heterocycles. The smallest absolute Gasteiger partial charge is 0.278 e. The Labute approximate surface area is 174 Å². The van der Waals surface area contributed by atoms with Gasteiger partial charge in [-0.25, -0.2) is 4.98 Å². The monoisotopic (exact) mass is 413 g/mol. The molecule has 0 fully saturated rings. The number of benzene rings is 1. The van der Waals surface area contributed by atoms with Gasteiger partial charge in [-0.3, -0.25) is 14.2 Å². The molecule has 2 N–H and O–H groups in total. The third-order valence-electron chi connectivity index (χ3n) is 4.39. The van der Waals surface area contributed by atoms with Gasteiger partial charge in [-0.05, 0) is 43.2 Å². The lowest BCUT2D eigenvalue weighted by Crippen LogP contribution is -2.26. The molecule has 0 saturated heterocycles. The van der Waals surface area contributed by atoms with Crippen molar-refractivity contribution >= 4 is 40.1 Å². The number of rotatable bonds is 7. The quantitative estimate of drug-likeness (QED) is 0.458. The van der Waals surface area contributed by atoms with Gasteiger partial charge in [0, 0.05) is 37.7 Å². The molecule has 29 heavy (non-hydrogen) atoms. The summed E-state index contributed by atoms with van der Waals surface area (Å²) in [5, 5.41) is 3.46. The van der Waals surface area contributed by atoms with E-state index < -0.39 is 0 Å². The van der Waals surface area contributed by atoms with Crippen molar-refractivity contribution < 1.29 is 4.79 Å². The highest BCUT2D eigenvalue weighted by atomic mass is 32.2. The first-order valence-electron chi connectivity index (χ1n) is 9.54. The number of fused-ring (bicyclic) bond motifs is 1. The van der Waals surface area contributed by atoms with Gasteiger partial charge in [0.1, 0.15) is 5.52 Å². The van der Waals surface area contributed by atoms with Gasteiger partial charge in [0.05, 0.1) is 11.3 Å². The van der Waals surface area contributed by atoms with E-state index in [1.54, 1.807) is 4.57 Å². The van der Waals surface area contributed by atoms with E-state index in [-0.39, 0.29) is 23.1 Å². The van der Waals surface area contributed by atoms with Crippen LogP contribution in [-0.2, 0) is 11.3 Å². The fourth-order valence-electron chi connectivity index (χ4n) is 3.02. The largest absolute Gasteiger partial charge is 0.378 e. The van der Waals surface area contributed by atoms with Crippen molar-refractivity contribution in [3.05, 3.63) is 46.4 Å². The number of aryl methyl sites for hydroxylation is 1. The second-order valence-electron chi connectivity index (χ2n) is 7.69. The highest BCUT2D eigenvalue weighted by Crippen LogP contribution is 2.20. The Morgan fingerprint density at radius 3 is 2.59 bits per heavy atom. The predicted molar refractivity (Wildman–Crippen MR) is 120 cm³/mol. The molecular formula is C21H27N5O2S. The molecule has 1 amide bonds. The van der Waals surface area contributed by atoms with Gasteiger partial charge in [0.15, 0.2) is 5.16 Å². The molecule has 1 aromatic carbocycles. The molecule has 0 aliphatic carbocycles. The molecule has 0 atom stereocenters. The summed E-state index contributed by atoms with van der Waals surface area (Å²) < 4.78 is 1.66. The van der Waals surface area contributed by atoms with Gasteiger partial charge >= 0.3 is 0 Å². The zero-order valence-electron chi connectivity index (χ0n) is 17.4. The Morgan fingerprint density at radius 2 is 1.97 bits per heavy atom. The van der Waals surface area contributed by atoms with Crippen LogP contribution in [0.25, 0.3) is 11.0 Å². The molecule has 154 valence electrons. The van der Waals surface area contributed by atoms with Gasteiger partial charge in [-0.15, -0.1) is 0 Å². The molecule has 0 aliphatic rings. The Morgan fingerprint density at radius 1 is 1.28 bits per heavy atom. The van der Waals surface area contributed by atoms with Crippen LogP contribution in [-0.4, -0.2) is 40.3 Å². The Kier molecular flexibility index (Phi) is 6.32. The number of nitrogens with one attached hydrogen (secondary N) is 2. The van der Waals surface area contributed by atoms with Crippen LogP contribution in [0.1, 0.15) is 19.5 Å². The van der Waals surface area contributed by atoms with Crippen molar-refractivity contribution in [1.82, 2.24) is 14.5 Å². The summed E-state index contributed by atoms with van der Waals surface area (Å²) in [5.41, 5.74) is 3.74. The fraction of sp³-hybridized carbons (Fsp3) is 0.381. The molecule has 2 aromatic heterocycles. The van der Waals surface area contributed by atoms with E-state index in [2.05, 4.69) is 29.1 Å². The van der Waals surface area contributed by atoms with E-state index >= 15 is 0 Å². The van der Waals surface area contributed by atoms with Crippen LogP contribution >= 0.6 is 11.8 Å². The average molecular weight is 414 g/mol. The van der Waals surface area contributed by atoms with E-state index in [4.69, 9.17) is 0 Å². The zero-order valence-corrected chi connectivity index (χ0v) is 18.3. The van der Waals surface area contributed by atoms with Gasteiger partial charge in [-0.2, -0.15) is 0 Å². The van der Waals surface area contributed by atoms with E-state index in [9.17, 15) is 9.59 Å². The van der Waals surface area contributed by atoms with Crippen LogP contribution in [0.2, 0.25) is 0 Å². The summed E-state index contributed by atoms with van der Waals surface area (Å²) in [4.78, 5) is 35.0. The van der Waals surface area contributed by atoms with E-state index in [1.807, 2.05) is 56.3 Å². The summed E-state index contributed by atoms with van der Waals surface area (Å²) in [6, 6.07) is 9.51. The van der Waals surface area contributed by atoms with Gasteiger partial charge in [-0.1, -0.05) is 25.6 Å². The molecular weight excluding hydrogens is 386 g/mol. The summed E-state index contributed by atoms with van der Waals surface area (Å²) in [5.74, 6) is 0.323. The van der Waals surface area contributed by atoms with E-state index in [0.717, 1.165) is 17.1 Å². The molecule has 0 unspecified atom stereocenters. The number of carbonyl (C=O) groups excluding carboxylic acids is 1. The van der Waals surface area contributed by atoms with Crippen molar-refractivity contribution in [3.63, 3.8) is 0 Å². The normalized spacial score (nSPS) is 11.2. The molecule has 8 heteroatoms. The Bertz CT molecular complexity index is 1070. The number of hydrogen-bond donors (Lipinski definition) is 2. The second-order valence-corrected chi connectivity index (χ2v) is 8.64. The SMILES string of the molecule is Cc1cc2nc(SCC(=O)Nc3ccc(N(C)C)cc3)n(CC(C)C)c(=O)c2[nH]1. The molecule has 0 saturated carbocycles. The fourth-order valence-corrected chi connectivity index (χ4v) is 3.83. The summed E-state index contributed by atoms with van der Waals surface area (Å²) in [7, 11) is 3.94. The third-order valence-corrected chi connectivity index (χ3v) is 5.36. The minimum Gasteiger partial charge on any atom is -0.378 e. The Balaban J connectivity index is 1.76. The van der Waals surface area contributed by atoms with Gasteiger partial charge in [0.25, 0.3) is 5.56 Å². The van der Waals surface area contributed by atoms with Gasteiger partial charge in [0.2, 0.25) is 5.91 Å². The maximum atomic E-state index is 12.9. The van der Waals surface area contributed by atoms with Crippen LogP contribution in [0.5, 0.6) is 0 Å². The number of aromatic nitrogens is 3. The molecule has 0 bridgehead atoms. The first-order valence-corrected chi connectivity index (χ1v) is 10.5. The van der Waals surface area contributed by atoms with Crippen LogP contribution < -0.4 is 15.8 Å². The molecule has 3 rings (SSSR count). The first kappa shape index (κ1) is 21.0. The number of anilines is 2. The summed E-state index contributed by atoms with van der Waals surface area (Å²) >= 11 is 1.28. The third kappa shape index (κ3) is 5.00. The predicted octanol–water partition coefficient (Wildman–Crippen LogP) is 3.49. The summed E-state index contributed by atoms with van der Waals surface area (Å²) in [6.07, 6.45) is 0. The number of thioether (sulfide) groups is 1. The lowest BCUT2D eigenvalue weighted by atomic mass is 10.2. The number of aromatic amines is 1. The number of H-pyrrole nitrogens is 1. The Hall–Kier alpha value is -2.74. The van der Waals surface area contributed by atoms with Crippen molar-refractivity contribution in [3.8, 4) is 0 Å². The number of carbonyl (C=O) groups is 1. The standard InChI is InChI=1S/C21H27N5O2S/c1-13(2)11-26-20(28)19-17(10-14(3)22-19)24-21(26)29-12-18(27)23-15-6-8-16(9-7-15)25(4)5/h6-10,13,22H,11-12H2,1-5H3,(H,23,27). The highest BCUT2D eigenvalue weighted by molar-refractivity contribution is 7.99. The molecule has 3 aromatic rings. The zero-order chi connectivity index (χ0) is 21.1. The van der Waals surface area contributed by atoms with E-state index in [1.165, 1.54) is 11.8 Å². The lowest BCUT2D eigenvalue weighted by molar-refractivity contribution is -0.113. The van der Waals surface area contributed by atoms with E-state index in [0.29, 0.717) is 22.7 Å². The van der Waals surface area contributed by atoms with Gasteiger partial charge < -0.3 is 15.2 Å². The van der Waals surface area contributed by atoms with Crippen molar-refractivity contribution in [2.24, 2.45) is 5.92 Å². The number of hydrogen-bond acceptors (Lipinski definition) is 5. The topological polar surface area (TPSA) is 83.0 Å². The molecule has 7 nitrogen and oxygen atoms in total. The maximum Gasteiger partial charge on any atom is 0.278 e. The molecule has 2 heterocycles. The van der Waals surface area contributed by atoms with Crippen LogP contribution in [0.4, 0.5) is 11.4 Å².